The molecular weight excluding hydrogens is 382 g/mol. The maximum absolute atomic E-state index is 12.5. The van der Waals surface area contributed by atoms with E-state index in [9.17, 15) is 4.79 Å². The molecule has 5 nitrogen and oxygen atoms in total. The van der Waals surface area contributed by atoms with Crippen LogP contribution in [0.3, 0.4) is 0 Å². The Morgan fingerprint density at radius 2 is 2.00 bits per heavy atom. The average molecular weight is 406 g/mol. The fraction of sp³-hybridized carbons (Fsp3) is 0.261. The molecule has 1 amide bonds. The van der Waals surface area contributed by atoms with Gasteiger partial charge in [0, 0.05) is 16.4 Å². The fourth-order valence-electron chi connectivity index (χ4n) is 2.63. The molecule has 0 aliphatic rings. The van der Waals surface area contributed by atoms with Crippen LogP contribution in [0.5, 0.6) is 5.75 Å². The second-order valence-electron chi connectivity index (χ2n) is 7.71. The van der Waals surface area contributed by atoms with Crippen LogP contribution in [0.2, 0.25) is 0 Å². The third kappa shape index (κ3) is 5.66. The zero-order valence-corrected chi connectivity index (χ0v) is 17.5. The highest BCUT2D eigenvalue weighted by Crippen LogP contribution is 2.25. The normalized spacial score (nSPS) is 11.0. The van der Waals surface area contributed by atoms with Gasteiger partial charge in [-0.1, -0.05) is 39.0 Å². The van der Waals surface area contributed by atoms with Crippen molar-refractivity contribution in [3.05, 3.63) is 81.3 Å². The van der Waals surface area contributed by atoms with Crippen molar-refractivity contribution in [2.24, 2.45) is 0 Å². The van der Waals surface area contributed by atoms with Gasteiger partial charge in [-0.15, -0.1) is 11.3 Å². The summed E-state index contributed by atoms with van der Waals surface area (Å²) in [5.74, 6) is 0.473. The SMILES string of the molecule is CC(C)(C)c1nc(CNC(=O)c2cccc(COc3cccc(C#N)c3)c2)cs1. The molecule has 0 radical (unpaired) electrons. The topological polar surface area (TPSA) is 75.0 Å². The number of nitrogens with one attached hydrogen (secondary N) is 1. The van der Waals surface area contributed by atoms with Crippen LogP contribution in [-0.4, -0.2) is 10.9 Å². The quantitative estimate of drug-likeness (QED) is 0.638. The molecular formula is C23H23N3O2S. The molecule has 6 heteroatoms. The van der Waals surface area contributed by atoms with E-state index in [0.717, 1.165) is 16.3 Å². The Balaban J connectivity index is 1.59. The van der Waals surface area contributed by atoms with Crippen molar-refractivity contribution in [2.45, 2.75) is 39.3 Å². The van der Waals surface area contributed by atoms with Gasteiger partial charge in [-0.05, 0) is 35.9 Å². The third-order valence-electron chi connectivity index (χ3n) is 4.18. The first-order chi connectivity index (χ1) is 13.8. The average Bonchev–Trinajstić information content (AvgIpc) is 3.20. The van der Waals surface area contributed by atoms with E-state index in [2.05, 4.69) is 37.1 Å². The lowest BCUT2D eigenvalue weighted by atomic mass is 9.98. The molecule has 2 aromatic carbocycles. The molecule has 0 unspecified atom stereocenters. The number of rotatable bonds is 6. The number of carbonyl (C=O) groups is 1. The number of ether oxygens (including phenoxy) is 1. The first-order valence-electron chi connectivity index (χ1n) is 9.30. The Labute approximate surface area is 175 Å². The van der Waals surface area contributed by atoms with Crippen molar-refractivity contribution >= 4 is 17.2 Å². The lowest BCUT2D eigenvalue weighted by Crippen LogP contribution is -2.23. The highest BCUT2D eigenvalue weighted by Gasteiger charge is 2.18. The van der Waals surface area contributed by atoms with Gasteiger partial charge < -0.3 is 10.1 Å². The van der Waals surface area contributed by atoms with E-state index in [4.69, 9.17) is 10.00 Å². The largest absolute Gasteiger partial charge is 0.489 e. The number of nitrogens with zero attached hydrogens (tertiary/aromatic N) is 2. The maximum atomic E-state index is 12.5. The van der Waals surface area contributed by atoms with Gasteiger partial charge in [0.15, 0.2) is 0 Å². The van der Waals surface area contributed by atoms with Gasteiger partial charge in [0.05, 0.1) is 28.9 Å². The Morgan fingerprint density at radius 3 is 2.72 bits per heavy atom. The van der Waals surface area contributed by atoms with E-state index in [0.29, 0.717) is 30.0 Å². The summed E-state index contributed by atoms with van der Waals surface area (Å²) >= 11 is 1.61. The minimum Gasteiger partial charge on any atom is -0.489 e. The number of amides is 1. The van der Waals surface area contributed by atoms with Crippen molar-refractivity contribution < 1.29 is 9.53 Å². The highest BCUT2D eigenvalue weighted by molar-refractivity contribution is 7.09. The van der Waals surface area contributed by atoms with Gasteiger partial charge in [-0.2, -0.15) is 5.26 Å². The van der Waals surface area contributed by atoms with E-state index >= 15 is 0 Å². The van der Waals surface area contributed by atoms with Crippen molar-refractivity contribution in [1.29, 1.82) is 5.26 Å². The summed E-state index contributed by atoms with van der Waals surface area (Å²) in [6.45, 7) is 7.08. The Hall–Kier alpha value is -3.17. The molecule has 0 aliphatic heterocycles. The van der Waals surface area contributed by atoms with Gasteiger partial charge in [0.1, 0.15) is 12.4 Å². The second-order valence-corrected chi connectivity index (χ2v) is 8.56. The molecule has 1 heterocycles. The zero-order chi connectivity index (χ0) is 20.9. The molecule has 0 saturated heterocycles. The van der Waals surface area contributed by atoms with Gasteiger partial charge in [-0.3, -0.25) is 4.79 Å². The fourth-order valence-corrected chi connectivity index (χ4v) is 3.54. The predicted octanol–water partition coefficient (Wildman–Crippen LogP) is 4.82. The second kappa shape index (κ2) is 8.89. The van der Waals surface area contributed by atoms with Gasteiger partial charge in [0.2, 0.25) is 0 Å². The number of thiazole rings is 1. The van der Waals surface area contributed by atoms with Gasteiger partial charge in [0.25, 0.3) is 5.91 Å². The summed E-state index contributed by atoms with van der Waals surface area (Å²) < 4.78 is 5.74. The molecule has 3 rings (SSSR count). The maximum Gasteiger partial charge on any atom is 0.251 e. The minimum absolute atomic E-state index is 0.00795. The van der Waals surface area contributed by atoms with E-state index in [1.54, 1.807) is 41.7 Å². The van der Waals surface area contributed by atoms with E-state index in [-0.39, 0.29) is 11.3 Å². The summed E-state index contributed by atoms with van der Waals surface area (Å²) in [5, 5.41) is 14.9. The molecule has 29 heavy (non-hydrogen) atoms. The molecule has 0 fully saturated rings. The molecule has 0 aliphatic carbocycles. The first-order valence-corrected chi connectivity index (χ1v) is 10.2. The van der Waals surface area contributed by atoms with Crippen LogP contribution in [0, 0.1) is 11.3 Å². The first kappa shape index (κ1) is 20.6. The molecule has 0 saturated carbocycles. The number of benzene rings is 2. The van der Waals surface area contributed by atoms with E-state index in [1.807, 2.05) is 23.6 Å². The van der Waals surface area contributed by atoms with Crippen molar-refractivity contribution in [3.8, 4) is 11.8 Å². The number of hydrogen-bond acceptors (Lipinski definition) is 5. The zero-order valence-electron chi connectivity index (χ0n) is 16.7. The van der Waals surface area contributed by atoms with Crippen LogP contribution < -0.4 is 10.1 Å². The molecule has 0 atom stereocenters. The van der Waals surface area contributed by atoms with Crippen LogP contribution in [0.25, 0.3) is 0 Å². The van der Waals surface area contributed by atoms with Crippen molar-refractivity contribution in [1.82, 2.24) is 10.3 Å². The smallest absolute Gasteiger partial charge is 0.251 e. The van der Waals surface area contributed by atoms with Gasteiger partial charge >= 0.3 is 0 Å². The Kier molecular flexibility index (Phi) is 6.30. The molecule has 3 aromatic rings. The van der Waals surface area contributed by atoms with Crippen molar-refractivity contribution in [2.75, 3.05) is 0 Å². The number of aromatic nitrogens is 1. The Morgan fingerprint density at radius 1 is 1.21 bits per heavy atom. The van der Waals surface area contributed by atoms with Crippen LogP contribution >= 0.6 is 11.3 Å². The lowest BCUT2D eigenvalue weighted by molar-refractivity contribution is 0.0950. The summed E-state index contributed by atoms with van der Waals surface area (Å²) in [4.78, 5) is 17.1. The summed E-state index contributed by atoms with van der Waals surface area (Å²) in [5.41, 5.74) is 2.87. The van der Waals surface area contributed by atoms with E-state index in [1.165, 1.54) is 0 Å². The lowest BCUT2D eigenvalue weighted by Gasteiger charge is -2.13. The minimum atomic E-state index is -0.149. The van der Waals surface area contributed by atoms with Crippen LogP contribution in [0.15, 0.2) is 53.9 Å². The highest BCUT2D eigenvalue weighted by atomic mass is 32.1. The molecule has 148 valence electrons. The summed E-state index contributed by atoms with van der Waals surface area (Å²) in [6, 6.07) is 16.4. The predicted molar refractivity (Wildman–Crippen MR) is 114 cm³/mol. The third-order valence-corrected chi connectivity index (χ3v) is 5.50. The van der Waals surface area contributed by atoms with E-state index < -0.39 is 0 Å². The van der Waals surface area contributed by atoms with Gasteiger partial charge in [-0.25, -0.2) is 4.98 Å². The van der Waals surface area contributed by atoms with Crippen LogP contribution in [0.1, 0.15) is 53.0 Å². The van der Waals surface area contributed by atoms with Crippen LogP contribution in [-0.2, 0) is 18.6 Å². The monoisotopic (exact) mass is 405 g/mol. The summed E-state index contributed by atoms with van der Waals surface area (Å²) in [6.07, 6.45) is 0. The number of hydrogen-bond donors (Lipinski definition) is 1. The van der Waals surface area contributed by atoms with Crippen molar-refractivity contribution in [3.63, 3.8) is 0 Å². The van der Waals surface area contributed by atoms with Crippen LogP contribution in [0.4, 0.5) is 0 Å². The Bertz CT molecular complexity index is 1040. The molecule has 0 bridgehead atoms. The number of nitriles is 1. The molecule has 1 N–H and O–H groups in total. The molecule has 0 spiro atoms. The number of carbonyl (C=O) groups excluding carboxylic acids is 1. The standard InChI is InChI=1S/C23H23N3O2S/c1-23(2,3)22-26-19(15-29-22)13-25-21(27)18-8-4-7-17(10-18)14-28-20-9-5-6-16(11-20)12-24/h4-11,15H,13-14H2,1-3H3,(H,25,27). The summed E-state index contributed by atoms with van der Waals surface area (Å²) in [7, 11) is 0. The molecule has 1 aromatic heterocycles.